The molecule has 0 spiro atoms. The number of nitrogen functional groups attached to an aromatic ring is 1. The minimum atomic E-state index is 0.253. The van der Waals surface area contributed by atoms with Crippen LogP contribution in [0.5, 0.6) is 0 Å². The van der Waals surface area contributed by atoms with Gasteiger partial charge in [0.05, 0.1) is 0 Å². The molecule has 0 bridgehead atoms. The van der Waals surface area contributed by atoms with E-state index in [1.807, 2.05) is 30.3 Å². The normalized spacial score (nSPS) is 10.5. The summed E-state index contributed by atoms with van der Waals surface area (Å²) in [5.74, 6) is 3.76. The number of nitrogens with zero attached hydrogens (tertiary/aromatic N) is 2. The number of hydrogen-bond donors (Lipinski definition) is 3. The smallest absolute Gasteiger partial charge is 0.163 e. The first kappa shape index (κ1) is 15.6. The second-order valence-electron chi connectivity index (χ2n) is 4.48. The molecule has 21 heavy (non-hydrogen) atoms. The lowest BCUT2D eigenvalue weighted by Crippen LogP contribution is -2.08. The maximum atomic E-state index is 8.71. The maximum Gasteiger partial charge on any atom is 0.163 e. The Hall–Kier alpha value is -1.79. The van der Waals surface area contributed by atoms with Gasteiger partial charge in [-0.1, -0.05) is 30.3 Å². The van der Waals surface area contributed by atoms with Crippen LogP contribution in [0.3, 0.4) is 0 Å². The summed E-state index contributed by atoms with van der Waals surface area (Å²) in [6, 6.07) is 11.5. The van der Waals surface area contributed by atoms with Crippen LogP contribution in [0.2, 0.25) is 0 Å². The highest BCUT2D eigenvalue weighted by atomic mass is 32.2. The summed E-state index contributed by atoms with van der Waals surface area (Å²) in [6.45, 7) is 1.06. The van der Waals surface area contributed by atoms with E-state index in [-0.39, 0.29) is 6.61 Å². The third kappa shape index (κ3) is 5.24. The van der Waals surface area contributed by atoms with Crippen LogP contribution in [0, 0.1) is 0 Å². The number of aliphatic hydroxyl groups excluding tert-OH is 1. The summed E-state index contributed by atoms with van der Waals surface area (Å²) in [4.78, 5) is 8.75. The fourth-order valence-electron chi connectivity index (χ4n) is 1.79. The quantitative estimate of drug-likeness (QED) is 0.649. The minimum Gasteiger partial charge on any atom is -0.396 e. The van der Waals surface area contributed by atoms with Crippen LogP contribution in [0.4, 0.5) is 11.6 Å². The Morgan fingerprint density at radius 1 is 1.14 bits per heavy atom. The first-order valence-corrected chi connectivity index (χ1v) is 8.07. The van der Waals surface area contributed by atoms with Gasteiger partial charge in [0, 0.05) is 30.5 Å². The lowest BCUT2D eigenvalue weighted by Gasteiger charge is -2.08. The fraction of sp³-hybridized carbons (Fsp3) is 0.333. The number of aromatic nitrogens is 2. The van der Waals surface area contributed by atoms with Crippen LogP contribution in [0.1, 0.15) is 6.42 Å². The SMILES string of the molecule is Nc1cc(NCCSCCCO)nc(-c2ccccc2)n1. The molecule has 0 aliphatic carbocycles. The van der Waals surface area contributed by atoms with Gasteiger partial charge in [-0.15, -0.1) is 0 Å². The van der Waals surface area contributed by atoms with Gasteiger partial charge in [0.2, 0.25) is 0 Å². The molecule has 6 heteroatoms. The Balaban J connectivity index is 1.93. The molecule has 0 aliphatic rings. The van der Waals surface area contributed by atoms with Crippen molar-refractivity contribution in [2.24, 2.45) is 0 Å². The van der Waals surface area contributed by atoms with Gasteiger partial charge in [-0.25, -0.2) is 9.97 Å². The van der Waals surface area contributed by atoms with Crippen molar-refractivity contribution in [1.29, 1.82) is 0 Å². The monoisotopic (exact) mass is 304 g/mol. The van der Waals surface area contributed by atoms with E-state index in [0.29, 0.717) is 11.6 Å². The molecule has 0 aliphatic heterocycles. The van der Waals surface area contributed by atoms with Crippen LogP contribution in [0.15, 0.2) is 36.4 Å². The molecular weight excluding hydrogens is 284 g/mol. The molecule has 2 aromatic rings. The molecule has 2 rings (SSSR count). The molecule has 0 unspecified atom stereocenters. The topological polar surface area (TPSA) is 84.1 Å². The Morgan fingerprint density at radius 3 is 2.71 bits per heavy atom. The predicted octanol–water partition coefficient (Wildman–Crippen LogP) is 2.25. The Labute approximate surface area is 129 Å². The number of rotatable bonds is 8. The lowest BCUT2D eigenvalue weighted by atomic mass is 10.2. The number of hydrogen-bond acceptors (Lipinski definition) is 6. The highest BCUT2D eigenvalue weighted by Crippen LogP contribution is 2.18. The van der Waals surface area contributed by atoms with Gasteiger partial charge < -0.3 is 16.2 Å². The molecule has 0 atom stereocenters. The van der Waals surface area contributed by atoms with Crippen LogP contribution in [0.25, 0.3) is 11.4 Å². The second-order valence-corrected chi connectivity index (χ2v) is 5.71. The first-order chi connectivity index (χ1) is 10.3. The number of benzene rings is 1. The molecular formula is C15H20N4OS. The van der Waals surface area contributed by atoms with Crippen molar-refractivity contribution < 1.29 is 5.11 Å². The summed E-state index contributed by atoms with van der Waals surface area (Å²) in [7, 11) is 0. The van der Waals surface area contributed by atoms with Crippen molar-refractivity contribution in [3.05, 3.63) is 36.4 Å². The fourth-order valence-corrected chi connectivity index (χ4v) is 2.58. The van der Waals surface area contributed by atoms with Crippen molar-refractivity contribution in [2.45, 2.75) is 6.42 Å². The Bertz CT molecular complexity index is 551. The van der Waals surface area contributed by atoms with E-state index in [1.54, 1.807) is 17.8 Å². The highest BCUT2D eigenvalue weighted by Gasteiger charge is 2.04. The van der Waals surface area contributed by atoms with E-state index in [4.69, 9.17) is 10.8 Å². The number of aliphatic hydroxyl groups is 1. The average molecular weight is 304 g/mol. The first-order valence-electron chi connectivity index (χ1n) is 6.92. The van der Waals surface area contributed by atoms with Crippen molar-refractivity contribution in [2.75, 3.05) is 35.7 Å². The van der Waals surface area contributed by atoms with Crippen LogP contribution in [-0.2, 0) is 0 Å². The zero-order chi connectivity index (χ0) is 14.9. The summed E-state index contributed by atoms with van der Waals surface area (Å²) in [6.07, 6.45) is 0.837. The molecule has 0 saturated carbocycles. The van der Waals surface area contributed by atoms with E-state index < -0.39 is 0 Å². The predicted molar refractivity (Wildman–Crippen MR) is 89.4 cm³/mol. The standard InChI is InChI=1S/C15H20N4OS/c16-13-11-14(17-7-10-21-9-4-8-20)19-15(18-13)12-5-2-1-3-6-12/h1-3,5-6,11,20H,4,7-10H2,(H3,16,17,18,19). The second kappa shape index (κ2) is 8.49. The largest absolute Gasteiger partial charge is 0.396 e. The van der Waals surface area contributed by atoms with Crippen molar-refractivity contribution in [3.8, 4) is 11.4 Å². The molecule has 4 N–H and O–H groups in total. The molecule has 112 valence electrons. The maximum absolute atomic E-state index is 8.71. The molecule has 5 nitrogen and oxygen atoms in total. The lowest BCUT2D eigenvalue weighted by molar-refractivity contribution is 0.296. The molecule has 0 radical (unpaired) electrons. The van der Waals surface area contributed by atoms with Gasteiger partial charge in [-0.3, -0.25) is 0 Å². The van der Waals surface area contributed by atoms with E-state index in [0.717, 1.165) is 35.9 Å². The van der Waals surface area contributed by atoms with Gasteiger partial charge in [-0.05, 0) is 12.2 Å². The van der Waals surface area contributed by atoms with Gasteiger partial charge >= 0.3 is 0 Å². The van der Waals surface area contributed by atoms with Crippen LogP contribution >= 0.6 is 11.8 Å². The number of nitrogens with two attached hydrogens (primary N) is 1. The van der Waals surface area contributed by atoms with Crippen LogP contribution < -0.4 is 11.1 Å². The molecule has 0 amide bonds. The van der Waals surface area contributed by atoms with Gasteiger partial charge in [-0.2, -0.15) is 11.8 Å². The Morgan fingerprint density at radius 2 is 1.95 bits per heavy atom. The van der Waals surface area contributed by atoms with Crippen molar-refractivity contribution in [3.63, 3.8) is 0 Å². The summed E-state index contributed by atoms with van der Waals surface area (Å²) >= 11 is 1.80. The zero-order valence-electron chi connectivity index (χ0n) is 11.8. The van der Waals surface area contributed by atoms with E-state index >= 15 is 0 Å². The van der Waals surface area contributed by atoms with E-state index in [9.17, 15) is 0 Å². The van der Waals surface area contributed by atoms with Gasteiger partial charge in [0.1, 0.15) is 11.6 Å². The van der Waals surface area contributed by atoms with Gasteiger partial charge in [0.25, 0.3) is 0 Å². The van der Waals surface area contributed by atoms with Crippen molar-refractivity contribution in [1.82, 2.24) is 9.97 Å². The highest BCUT2D eigenvalue weighted by molar-refractivity contribution is 7.99. The Kier molecular flexibility index (Phi) is 6.30. The molecule has 1 aromatic heterocycles. The number of thioether (sulfide) groups is 1. The number of nitrogens with one attached hydrogen (secondary N) is 1. The minimum absolute atomic E-state index is 0.253. The molecule has 0 fully saturated rings. The zero-order valence-corrected chi connectivity index (χ0v) is 12.6. The molecule has 1 aromatic carbocycles. The van der Waals surface area contributed by atoms with Crippen molar-refractivity contribution >= 4 is 23.4 Å². The summed E-state index contributed by atoms with van der Waals surface area (Å²) in [5, 5.41) is 12.0. The molecule has 0 saturated heterocycles. The third-order valence-electron chi connectivity index (χ3n) is 2.78. The number of anilines is 2. The third-order valence-corrected chi connectivity index (χ3v) is 3.85. The summed E-state index contributed by atoms with van der Waals surface area (Å²) in [5.41, 5.74) is 6.79. The molecule has 1 heterocycles. The van der Waals surface area contributed by atoms with Crippen LogP contribution in [-0.4, -0.2) is 39.7 Å². The average Bonchev–Trinajstić information content (AvgIpc) is 2.51. The van der Waals surface area contributed by atoms with Gasteiger partial charge in [0.15, 0.2) is 5.82 Å². The van der Waals surface area contributed by atoms with E-state index in [2.05, 4.69) is 15.3 Å². The van der Waals surface area contributed by atoms with E-state index in [1.165, 1.54) is 0 Å². The summed E-state index contributed by atoms with van der Waals surface area (Å²) < 4.78 is 0.